The highest BCUT2D eigenvalue weighted by Gasteiger charge is 2.09. The average molecular weight is 207 g/mol. The number of unbranched alkanes of at least 4 members (excludes halogenated alkanes) is 1. The molecule has 0 saturated heterocycles. The second kappa shape index (κ2) is 5.39. The normalized spacial score (nSPS) is 10.0. The second-order valence-corrected chi connectivity index (χ2v) is 3.56. The number of hydrogen-bond donors (Lipinski definition) is 1. The van der Waals surface area contributed by atoms with Crippen LogP contribution in [0, 0.1) is 6.92 Å². The average Bonchev–Trinajstić information content (AvgIpc) is 2.17. The Balaban J connectivity index is 2.65. The molecule has 0 spiro atoms. The van der Waals surface area contributed by atoms with Gasteiger partial charge in [-0.2, -0.15) is 0 Å². The number of esters is 1. The summed E-state index contributed by atoms with van der Waals surface area (Å²) in [7, 11) is 0. The summed E-state index contributed by atoms with van der Waals surface area (Å²) in [5.41, 5.74) is 7.72. The molecule has 1 rings (SSSR count). The van der Waals surface area contributed by atoms with Crippen molar-refractivity contribution in [1.29, 1.82) is 0 Å². The minimum Gasteiger partial charge on any atom is -0.462 e. The van der Waals surface area contributed by atoms with Crippen LogP contribution in [0.3, 0.4) is 0 Å². The second-order valence-electron chi connectivity index (χ2n) is 3.56. The van der Waals surface area contributed by atoms with Gasteiger partial charge in [-0.05, 0) is 37.1 Å². The van der Waals surface area contributed by atoms with E-state index in [1.807, 2.05) is 6.92 Å². The standard InChI is InChI=1S/C12H17NO2/c1-3-4-7-15-12(14)11-6-5-10(13)8-9(11)2/h5-6,8H,3-4,7,13H2,1-2H3. The van der Waals surface area contributed by atoms with Crippen LogP contribution >= 0.6 is 0 Å². The number of nitrogen functional groups attached to an aromatic ring is 1. The highest BCUT2D eigenvalue weighted by atomic mass is 16.5. The number of carbonyl (C=O) groups is 1. The van der Waals surface area contributed by atoms with Gasteiger partial charge in [-0.15, -0.1) is 0 Å². The number of hydrogen-bond acceptors (Lipinski definition) is 3. The first-order valence-corrected chi connectivity index (χ1v) is 5.18. The Labute approximate surface area is 90.2 Å². The van der Waals surface area contributed by atoms with Crippen LogP contribution in [0.1, 0.15) is 35.7 Å². The molecule has 0 aliphatic carbocycles. The van der Waals surface area contributed by atoms with Crippen LogP contribution in [0.25, 0.3) is 0 Å². The van der Waals surface area contributed by atoms with Gasteiger partial charge in [-0.3, -0.25) is 0 Å². The van der Waals surface area contributed by atoms with Gasteiger partial charge in [0.15, 0.2) is 0 Å². The van der Waals surface area contributed by atoms with Crippen molar-refractivity contribution in [2.75, 3.05) is 12.3 Å². The fraction of sp³-hybridized carbons (Fsp3) is 0.417. The van der Waals surface area contributed by atoms with Gasteiger partial charge in [0.1, 0.15) is 0 Å². The maximum atomic E-state index is 11.6. The molecule has 2 N–H and O–H groups in total. The summed E-state index contributed by atoms with van der Waals surface area (Å²) in [6, 6.07) is 5.19. The minimum absolute atomic E-state index is 0.263. The maximum Gasteiger partial charge on any atom is 0.338 e. The van der Waals surface area contributed by atoms with E-state index >= 15 is 0 Å². The number of carbonyl (C=O) groups excluding carboxylic acids is 1. The molecular formula is C12H17NO2. The van der Waals surface area contributed by atoms with E-state index in [2.05, 4.69) is 6.92 Å². The van der Waals surface area contributed by atoms with Crippen LogP contribution in [0.15, 0.2) is 18.2 Å². The molecular weight excluding hydrogens is 190 g/mol. The molecule has 0 amide bonds. The first-order chi connectivity index (χ1) is 7.15. The number of aryl methyl sites for hydroxylation is 1. The summed E-state index contributed by atoms with van der Waals surface area (Å²) >= 11 is 0. The van der Waals surface area contributed by atoms with E-state index in [1.54, 1.807) is 18.2 Å². The van der Waals surface area contributed by atoms with Crippen LogP contribution in [-0.4, -0.2) is 12.6 Å². The lowest BCUT2D eigenvalue weighted by molar-refractivity contribution is 0.0499. The monoisotopic (exact) mass is 207 g/mol. The third-order valence-electron chi connectivity index (χ3n) is 2.20. The summed E-state index contributed by atoms with van der Waals surface area (Å²) in [4.78, 5) is 11.6. The molecule has 0 aliphatic rings. The number of anilines is 1. The van der Waals surface area contributed by atoms with Gasteiger partial charge in [0.2, 0.25) is 0 Å². The van der Waals surface area contributed by atoms with E-state index in [9.17, 15) is 4.79 Å². The molecule has 3 heteroatoms. The Kier molecular flexibility index (Phi) is 4.16. The molecule has 0 aliphatic heterocycles. The molecule has 0 unspecified atom stereocenters. The highest BCUT2D eigenvalue weighted by Crippen LogP contribution is 2.13. The zero-order chi connectivity index (χ0) is 11.3. The van der Waals surface area contributed by atoms with Gasteiger partial charge in [0, 0.05) is 5.69 Å². The Morgan fingerprint density at radius 1 is 1.47 bits per heavy atom. The smallest absolute Gasteiger partial charge is 0.338 e. The molecule has 0 radical (unpaired) electrons. The van der Waals surface area contributed by atoms with Gasteiger partial charge >= 0.3 is 5.97 Å². The number of benzene rings is 1. The van der Waals surface area contributed by atoms with E-state index in [1.165, 1.54) is 0 Å². The molecule has 0 heterocycles. The van der Waals surface area contributed by atoms with Crippen LogP contribution in [0.4, 0.5) is 5.69 Å². The Bertz CT molecular complexity index is 347. The Morgan fingerprint density at radius 2 is 2.20 bits per heavy atom. The predicted molar refractivity (Wildman–Crippen MR) is 60.8 cm³/mol. The summed E-state index contributed by atoms with van der Waals surface area (Å²) in [5, 5.41) is 0. The van der Waals surface area contributed by atoms with E-state index in [4.69, 9.17) is 10.5 Å². The first-order valence-electron chi connectivity index (χ1n) is 5.18. The minimum atomic E-state index is -0.263. The summed E-state index contributed by atoms with van der Waals surface area (Å²) in [5.74, 6) is -0.263. The van der Waals surface area contributed by atoms with Crippen molar-refractivity contribution < 1.29 is 9.53 Å². The summed E-state index contributed by atoms with van der Waals surface area (Å²) in [6.45, 7) is 4.40. The molecule has 0 aromatic heterocycles. The predicted octanol–water partition coefficient (Wildman–Crippen LogP) is 2.53. The zero-order valence-electron chi connectivity index (χ0n) is 9.25. The van der Waals surface area contributed by atoms with E-state index < -0.39 is 0 Å². The Hall–Kier alpha value is -1.51. The van der Waals surface area contributed by atoms with E-state index in [0.717, 1.165) is 18.4 Å². The largest absolute Gasteiger partial charge is 0.462 e. The molecule has 0 bridgehead atoms. The van der Waals surface area contributed by atoms with Crippen LogP contribution < -0.4 is 5.73 Å². The third kappa shape index (κ3) is 3.27. The lowest BCUT2D eigenvalue weighted by atomic mass is 10.1. The zero-order valence-corrected chi connectivity index (χ0v) is 9.25. The van der Waals surface area contributed by atoms with Gasteiger partial charge in [-0.1, -0.05) is 13.3 Å². The lowest BCUT2D eigenvalue weighted by Gasteiger charge is -2.06. The molecule has 1 aromatic carbocycles. The number of nitrogens with two attached hydrogens (primary N) is 1. The van der Waals surface area contributed by atoms with Crippen molar-refractivity contribution in [3.05, 3.63) is 29.3 Å². The van der Waals surface area contributed by atoms with Gasteiger partial charge < -0.3 is 10.5 Å². The fourth-order valence-corrected chi connectivity index (χ4v) is 1.30. The first kappa shape index (κ1) is 11.6. The van der Waals surface area contributed by atoms with Crippen molar-refractivity contribution in [2.45, 2.75) is 26.7 Å². The van der Waals surface area contributed by atoms with E-state index in [-0.39, 0.29) is 5.97 Å². The van der Waals surface area contributed by atoms with Crippen molar-refractivity contribution in [3.63, 3.8) is 0 Å². The molecule has 82 valence electrons. The van der Waals surface area contributed by atoms with Gasteiger partial charge in [0.05, 0.1) is 12.2 Å². The van der Waals surface area contributed by atoms with Crippen LogP contribution in [0.2, 0.25) is 0 Å². The fourth-order valence-electron chi connectivity index (χ4n) is 1.30. The van der Waals surface area contributed by atoms with Crippen molar-refractivity contribution in [1.82, 2.24) is 0 Å². The molecule has 0 atom stereocenters. The summed E-state index contributed by atoms with van der Waals surface area (Å²) in [6.07, 6.45) is 1.92. The van der Waals surface area contributed by atoms with Gasteiger partial charge in [-0.25, -0.2) is 4.79 Å². The topological polar surface area (TPSA) is 52.3 Å². The van der Waals surface area contributed by atoms with Crippen molar-refractivity contribution >= 4 is 11.7 Å². The maximum absolute atomic E-state index is 11.6. The molecule has 3 nitrogen and oxygen atoms in total. The van der Waals surface area contributed by atoms with Crippen LogP contribution in [0.5, 0.6) is 0 Å². The van der Waals surface area contributed by atoms with E-state index in [0.29, 0.717) is 17.9 Å². The number of rotatable bonds is 4. The molecule has 1 aromatic rings. The quantitative estimate of drug-likeness (QED) is 0.469. The SMILES string of the molecule is CCCCOC(=O)c1ccc(N)cc1C. The van der Waals surface area contributed by atoms with Gasteiger partial charge in [0.25, 0.3) is 0 Å². The van der Waals surface area contributed by atoms with Crippen LogP contribution in [-0.2, 0) is 4.74 Å². The molecule has 0 saturated carbocycles. The molecule has 15 heavy (non-hydrogen) atoms. The summed E-state index contributed by atoms with van der Waals surface area (Å²) < 4.78 is 5.11. The molecule has 0 fully saturated rings. The third-order valence-corrected chi connectivity index (χ3v) is 2.20. The van der Waals surface area contributed by atoms with Crippen molar-refractivity contribution in [2.24, 2.45) is 0 Å². The Morgan fingerprint density at radius 3 is 2.80 bits per heavy atom. The lowest BCUT2D eigenvalue weighted by Crippen LogP contribution is -2.08. The van der Waals surface area contributed by atoms with Crippen molar-refractivity contribution in [3.8, 4) is 0 Å². The highest BCUT2D eigenvalue weighted by molar-refractivity contribution is 5.91. The number of ether oxygens (including phenoxy) is 1.